The van der Waals surface area contributed by atoms with E-state index in [0.29, 0.717) is 5.56 Å². The fraction of sp³-hybridized carbons (Fsp3) is 0.0833. The molecule has 0 aliphatic rings. The van der Waals surface area contributed by atoms with Gasteiger partial charge in [0.15, 0.2) is 0 Å². The maximum absolute atomic E-state index is 11.9. The lowest BCUT2D eigenvalue weighted by Crippen LogP contribution is -2.14. The number of benzene rings is 1. The normalized spacial score (nSPS) is 11.0. The highest BCUT2D eigenvalue weighted by Gasteiger charge is 2.12. The Morgan fingerprint density at radius 3 is 2.47 bits per heavy atom. The highest BCUT2D eigenvalue weighted by Crippen LogP contribution is 2.08. The molecule has 0 unspecified atom stereocenters. The summed E-state index contributed by atoms with van der Waals surface area (Å²) < 4.78 is 22.6. The van der Waals surface area contributed by atoms with E-state index in [1.807, 2.05) is 0 Å². The largest absolute Gasteiger partial charge is 0.306 e. The number of carbonyl (C=O) groups is 1. The topological polar surface area (TPSA) is 89.0 Å². The van der Waals surface area contributed by atoms with E-state index >= 15 is 0 Å². The van der Waals surface area contributed by atoms with Crippen LogP contribution in [0.3, 0.4) is 0 Å². The smallest absolute Gasteiger partial charge is 0.256 e. The van der Waals surface area contributed by atoms with Crippen molar-refractivity contribution in [3.05, 3.63) is 48.2 Å². The molecule has 0 bridgehead atoms. The molecule has 0 spiro atoms. The summed E-state index contributed by atoms with van der Waals surface area (Å²) >= 11 is 0. The third-order valence-corrected chi connectivity index (χ3v) is 3.10. The van der Waals surface area contributed by atoms with Crippen molar-refractivity contribution >= 4 is 21.6 Å². The number of nitrogens with zero attached hydrogens (tertiary/aromatic N) is 2. The zero-order valence-electron chi connectivity index (χ0n) is 10.1. The van der Waals surface area contributed by atoms with Crippen LogP contribution >= 0.6 is 0 Å². The lowest BCUT2D eigenvalue weighted by Gasteiger charge is -2.05. The number of nitrogens with one attached hydrogen (secondary N) is 1. The van der Waals surface area contributed by atoms with Gasteiger partial charge >= 0.3 is 0 Å². The number of carbonyl (C=O) groups excluding carboxylic acids is 1. The van der Waals surface area contributed by atoms with Gasteiger partial charge in [-0.05, 0) is 18.2 Å². The Bertz CT molecular complexity index is 699. The molecule has 2 rings (SSSR count). The van der Waals surface area contributed by atoms with Gasteiger partial charge in [0.1, 0.15) is 5.82 Å². The van der Waals surface area contributed by atoms with Crippen LogP contribution in [0.5, 0.6) is 0 Å². The van der Waals surface area contributed by atoms with Gasteiger partial charge in [-0.2, -0.15) is 0 Å². The number of sulfone groups is 1. The highest BCUT2D eigenvalue weighted by atomic mass is 32.2. The van der Waals surface area contributed by atoms with E-state index in [1.165, 1.54) is 12.3 Å². The number of anilines is 1. The molecule has 0 saturated carbocycles. The molecule has 19 heavy (non-hydrogen) atoms. The van der Waals surface area contributed by atoms with Crippen molar-refractivity contribution < 1.29 is 13.2 Å². The Morgan fingerprint density at radius 1 is 1.16 bits per heavy atom. The van der Waals surface area contributed by atoms with Gasteiger partial charge in [-0.25, -0.2) is 18.4 Å². The lowest BCUT2D eigenvalue weighted by atomic mass is 10.2. The van der Waals surface area contributed by atoms with Crippen LogP contribution in [0.25, 0.3) is 0 Å². The Morgan fingerprint density at radius 2 is 1.84 bits per heavy atom. The summed E-state index contributed by atoms with van der Waals surface area (Å²) in [6.07, 6.45) is 2.29. The molecular weight excluding hydrogens is 266 g/mol. The van der Waals surface area contributed by atoms with Crippen molar-refractivity contribution in [1.82, 2.24) is 9.97 Å². The lowest BCUT2D eigenvalue weighted by molar-refractivity contribution is 0.102. The van der Waals surface area contributed by atoms with Crippen LogP contribution in [-0.2, 0) is 9.84 Å². The van der Waals surface area contributed by atoms with Crippen molar-refractivity contribution in [1.29, 1.82) is 0 Å². The first-order chi connectivity index (χ1) is 8.97. The SMILES string of the molecule is CS(=O)(=O)c1nccc(NC(=O)c2ccccc2)n1. The van der Waals surface area contributed by atoms with Crippen LogP contribution in [0.15, 0.2) is 47.8 Å². The Kier molecular flexibility index (Phi) is 3.57. The number of hydrogen-bond acceptors (Lipinski definition) is 5. The van der Waals surface area contributed by atoms with E-state index in [9.17, 15) is 13.2 Å². The summed E-state index contributed by atoms with van der Waals surface area (Å²) in [5.74, 6) is -0.219. The number of amides is 1. The molecule has 1 heterocycles. The van der Waals surface area contributed by atoms with Crippen molar-refractivity contribution in [3.8, 4) is 0 Å². The minimum Gasteiger partial charge on any atom is -0.306 e. The molecule has 98 valence electrons. The second-order valence-corrected chi connectivity index (χ2v) is 5.73. The van der Waals surface area contributed by atoms with E-state index in [0.717, 1.165) is 6.26 Å². The second-order valence-electron chi connectivity index (χ2n) is 3.82. The highest BCUT2D eigenvalue weighted by molar-refractivity contribution is 7.90. The standard InChI is InChI=1S/C12H11N3O3S/c1-19(17,18)12-13-8-7-10(15-12)14-11(16)9-5-3-2-4-6-9/h2-8H,1H3,(H,13,14,15,16). The van der Waals surface area contributed by atoms with E-state index in [2.05, 4.69) is 15.3 Å². The summed E-state index contributed by atoms with van der Waals surface area (Å²) in [5.41, 5.74) is 0.460. The van der Waals surface area contributed by atoms with E-state index in [1.54, 1.807) is 30.3 Å². The van der Waals surface area contributed by atoms with Gasteiger partial charge in [0, 0.05) is 18.0 Å². The van der Waals surface area contributed by atoms with Crippen LogP contribution in [0.2, 0.25) is 0 Å². The molecule has 0 atom stereocenters. The van der Waals surface area contributed by atoms with Crippen molar-refractivity contribution in [3.63, 3.8) is 0 Å². The molecule has 1 aromatic heterocycles. The molecule has 0 aliphatic heterocycles. The first-order valence-electron chi connectivity index (χ1n) is 5.36. The van der Waals surface area contributed by atoms with E-state index in [4.69, 9.17) is 0 Å². The van der Waals surface area contributed by atoms with Crippen LogP contribution in [0.1, 0.15) is 10.4 Å². The average molecular weight is 277 g/mol. The summed E-state index contributed by atoms with van der Waals surface area (Å²) in [6, 6.07) is 9.98. The molecule has 2 aromatic rings. The van der Waals surface area contributed by atoms with E-state index < -0.39 is 9.84 Å². The molecule has 1 amide bonds. The molecule has 0 radical (unpaired) electrons. The Hall–Kier alpha value is -2.28. The second kappa shape index (κ2) is 5.15. The van der Waals surface area contributed by atoms with Crippen LogP contribution < -0.4 is 5.32 Å². The maximum atomic E-state index is 11.9. The zero-order chi connectivity index (χ0) is 13.9. The zero-order valence-corrected chi connectivity index (χ0v) is 10.9. The molecular formula is C12H11N3O3S. The van der Waals surface area contributed by atoms with Crippen molar-refractivity contribution in [2.45, 2.75) is 5.16 Å². The third-order valence-electron chi connectivity index (χ3n) is 2.24. The van der Waals surface area contributed by atoms with Gasteiger partial charge in [-0.15, -0.1) is 0 Å². The van der Waals surface area contributed by atoms with Crippen molar-refractivity contribution in [2.75, 3.05) is 11.6 Å². The summed E-state index contributed by atoms with van der Waals surface area (Å²) in [5, 5.41) is 2.20. The summed E-state index contributed by atoms with van der Waals surface area (Å²) in [6.45, 7) is 0. The Balaban J connectivity index is 2.23. The molecule has 0 saturated heterocycles. The fourth-order valence-electron chi connectivity index (χ4n) is 1.37. The minimum atomic E-state index is -3.50. The van der Waals surface area contributed by atoms with Crippen molar-refractivity contribution in [2.24, 2.45) is 0 Å². The van der Waals surface area contributed by atoms with Gasteiger partial charge in [0.25, 0.3) is 5.91 Å². The fourth-order valence-corrected chi connectivity index (χ4v) is 1.88. The number of rotatable bonds is 3. The quantitative estimate of drug-likeness (QED) is 0.849. The molecule has 1 N–H and O–H groups in total. The molecule has 1 aromatic carbocycles. The third kappa shape index (κ3) is 3.35. The van der Waals surface area contributed by atoms with Crippen LogP contribution in [-0.4, -0.2) is 30.5 Å². The van der Waals surface area contributed by atoms with Gasteiger partial charge in [0.2, 0.25) is 15.0 Å². The number of aromatic nitrogens is 2. The Labute approximate surface area is 110 Å². The molecule has 0 fully saturated rings. The minimum absolute atomic E-state index is 0.143. The van der Waals surface area contributed by atoms with Gasteiger partial charge in [0.05, 0.1) is 0 Å². The summed E-state index contributed by atoms with van der Waals surface area (Å²) in [4.78, 5) is 19.3. The first kappa shape index (κ1) is 13.2. The monoisotopic (exact) mass is 277 g/mol. The van der Waals surface area contributed by atoms with E-state index in [-0.39, 0.29) is 16.9 Å². The van der Waals surface area contributed by atoms with Gasteiger partial charge in [-0.1, -0.05) is 18.2 Å². The van der Waals surface area contributed by atoms with Gasteiger partial charge in [-0.3, -0.25) is 4.79 Å². The average Bonchev–Trinajstić information content (AvgIpc) is 2.39. The maximum Gasteiger partial charge on any atom is 0.256 e. The molecule has 0 aliphatic carbocycles. The summed E-state index contributed by atoms with van der Waals surface area (Å²) in [7, 11) is -3.50. The molecule has 6 nitrogen and oxygen atoms in total. The predicted octanol–water partition coefficient (Wildman–Crippen LogP) is 1.13. The molecule has 7 heteroatoms. The van der Waals surface area contributed by atoms with Crippen LogP contribution in [0.4, 0.5) is 5.82 Å². The number of hydrogen-bond donors (Lipinski definition) is 1. The van der Waals surface area contributed by atoms with Gasteiger partial charge < -0.3 is 5.32 Å². The van der Waals surface area contributed by atoms with Crippen LogP contribution in [0, 0.1) is 0 Å². The first-order valence-corrected chi connectivity index (χ1v) is 7.25. The predicted molar refractivity (Wildman–Crippen MR) is 69.5 cm³/mol.